The molecule has 3 aromatic rings. The fourth-order valence-corrected chi connectivity index (χ4v) is 1.99. The van der Waals surface area contributed by atoms with Gasteiger partial charge in [-0.05, 0) is 31.2 Å². The molecule has 102 valence electrons. The number of pyridine rings is 1. The molecule has 0 aliphatic carbocycles. The Labute approximate surface area is 115 Å². The van der Waals surface area contributed by atoms with E-state index in [0.29, 0.717) is 24.4 Å². The quantitative estimate of drug-likeness (QED) is 0.730. The van der Waals surface area contributed by atoms with E-state index in [9.17, 15) is 4.79 Å². The van der Waals surface area contributed by atoms with Crippen molar-refractivity contribution >= 4 is 11.2 Å². The molecule has 0 fully saturated rings. The number of fused-ring (bicyclic) bond motifs is 1. The van der Waals surface area contributed by atoms with Crippen molar-refractivity contribution in [1.29, 1.82) is 0 Å². The highest BCUT2D eigenvalue weighted by atomic mass is 16.5. The van der Waals surface area contributed by atoms with Crippen molar-refractivity contribution in [1.82, 2.24) is 9.55 Å². The van der Waals surface area contributed by atoms with Gasteiger partial charge in [-0.1, -0.05) is 17.7 Å². The van der Waals surface area contributed by atoms with Crippen LogP contribution in [0.15, 0.2) is 51.8 Å². The van der Waals surface area contributed by atoms with Crippen molar-refractivity contribution in [2.45, 2.75) is 13.5 Å². The number of oxazole rings is 1. The predicted molar refractivity (Wildman–Crippen MR) is 74.9 cm³/mol. The maximum absolute atomic E-state index is 11.7. The van der Waals surface area contributed by atoms with Crippen LogP contribution in [0, 0.1) is 6.92 Å². The lowest BCUT2D eigenvalue weighted by molar-refractivity contribution is 0.294. The molecule has 5 nitrogen and oxygen atoms in total. The van der Waals surface area contributed by atoms with Crippen molar-refractivity contribution < 1.29 is 9.15 Å². The zero-order chi connectivity index (χ0) is 13.9. The predicted octanol–water partition coefficient (Wildman–Crippen LogP) is 2.38. The van der Waals surface area contributed by atoms with Gasteiger partial charge < -0.3 is 9.15 Å². The Kier molecular flexibility index (Phi) is 3.25. The molecule has 0 unspecified atom stereocenters. The molecular weight excluding hydrogens is 256 g/mol. The molecule has 0 atom stereocenters. The van der Waals surface area contributed by atoms with Gasteiger partial charge in [0, 0.05) is 6.20 Å². The second-order valence-electron chi connectivity index (χ2n) is 4.51. The summed E-state index contributed by atoms with van der Waals surface area (Å²) in [5.74, 6) is 0.371. The molecule has 0 aliphatic heterocycles. The summed E-state index contributed by atoms with van der Waals surface area (Å²) in [4.78, 5) is 15.9. The van der Waals surface area contributed by atoms with Crippen LogP contribution < -0.4 is 10.5 Å². The summed E-state index contributed by atoms with van der Waals surface area (Å²) in [7, 11) is 0. The molecule has 0 radical (unpaired) electrons. The molecule has 0 saturated heterocycles. The van der Waals surface area contributed by atoms with Crippen LogP contribution in [0.2, 0.25) is 0 Å². The number of benzene rings is 1. The van der Waals surface area contributed by atoms with E-state index in [0.717, 1.165) is 5.75 Å². The maximum Gasteiger partial charge on any atom is 0.421 e. The number of rotatable bonds is 4. The van der Waals surface area contributed by atoms with Gasteiger partial charge in [-0.25, -0.2) is 9.78 Å². The smallest absolute Gasteiger partial charge is 0.421 e. The normalized spacial score (nSPS) is 10.8. The molecule has 20 heavy (non-hydrogen) atoms. The van der Waals surface area contributed by atoms with Crippen LogP contribution in [0.4, 0.5) is 0 Å². The fourth-order valence-electron chi connectivity index (χ4n) is 1.99. The molecule has 0 bridgehead atoms. The van der Waals surface area contributed by atoms with Crippen LogP contribution in [0.3, 0.4) is 0 Å². The van der Waals surface area contributed by atoms with Crippen LogP contribution in [-0.2, 0) is 6.54 Å². The van der Waals surface area contributed by atoms with Gasteiger partial charge in [-0.2, -0.15) is 0 Å². The van der Waals surface area contributed by atoms with E-state index in [1.54, 1.807) is 18.3 Å². The Hall–Kier alpha value is -2.56. The lowest BCUT2D eigenvalue weighted by Gasteiger charge is -2.06. The molecule has 5 heteroatoms. The Bertz CT molecular complexity index is 772. The molecule has 0 saturated carbocycles. The van der Waals surface area contributed by atoms with Gasteiger partial charge in [0.05, 0.1) is 6.54 Å². The highest BCUT2D eigenvalue weighted by Crippen LogP contribution is 2.12. The molecule has 0 aliphatic rings. The summed E-state index contributed by atoms with van der Waals surface area (Å²) in [6, 6.07) is 11.2. The highest BCUT2D eigenvalue weighted by molar-refractivity contribution is 5.67. The molecular formula is C15H14N2O3. The van der Waals surface area contributed by atoms with Gasteiger partial charge in [0.1, 0.15) is 12.4 Å². The first-order valence-electron chi connectivity index (χ1n) is 6.38. The molecule has 2 aromatic heterocycles. The van der Waals surface area contributed by atoms with Gasteiger partial charge in [0.2, 0.25) is 0 Å². The van der Waals surface area contributed by atoms with Crippen molar-refractivity contribution in [3.63, 3.8) is 0 Å². The molecule has 1 aromatic carbocycles. The van der Waals surface area contributed by atoms with Crippen molar-refractivity contribution in [3.05, 3.63) is 58.7 Å². The van der Waals surface area contributed by atoms with E-state index in [1.807, 2.05) is 31.2 Å². The van der Waals surface area contributed by atoms with Gasteiger partial charge >= 0.3 is 5.76 Å². The second-order valence-corrected chi connectivity index (χ2v) is 4.51. The number of nitrogens with zero attached hydrogens (tertiary/aromatic N) is 2. The van der Waals surface area contributed by atoms with Gasteiger partial charge in [-0.15, -0.1) is 0 Å². The van der Waals surface area contributed by atoms with Crippen LogP contribution >= 0.6 is 0 Å². The summed E-state index contributed by atoms with van der Waals surface area (Å²) < 4.78 is 12.2. The molecule has 0 amide bonds. The van der Waals surface area contributed by atoms with Crippen molar-refractivity contribution in [3.8, 4) is 5.75 Å². The van der Waals surface area contributed by atoms with Gasteiger partial charge in [0.25, 0.3) is 0 Å². The Morgan fingerprint density at radius 1 is 1.25 bits per heavy atom. The second kappa shape index (κ2) is 5.21. The first-order chi connectivity index (χ1) is 9.74. The highest BCUT2D eigenvalue weighted by Gasteiger charge is 2.09. The maximum atomic E-state index is 11.7. The van der Waals surface area contributed by atoms with Crippen LogP contribution in [0.5, 0.6) is 5.75 Å². The number of hydrogen-bond donors (Lipinski definition) is 0. The lowest BCUT2D eigenvalue weighted by Crippen LogP contribution is -2.19. The molecule has 2 heterocycles. The number of hydrogen-bond acceptors (Lipinski definition) is 4. The number of aromatic nitrogens is 2. The molecule has 0 spiro atoms. The van der Waals surface area contributed by atoms with Gasteiger partial charge in [0.15, 0.2) is 11.2 Å². The SMILES string of the molecule is Cc1ccc(OCCn2c(=O)oc3cccnc32)cc1. The zero-order valence-electron chi connectivity index (χ0n) is 11.1. The Morgan fingerprint density at radius 3 is 2.85 bits per heavy atom. The van der Waals surface area contributed by atoms with Crippen molar-refractivity contribution in [2.75, 3.05) is 6.61 Å². The lowest BCUT2D eigenvalue weighted by atomic mass is 10.2. The third-order valence-electron chi connectivity index (χ3n) is 3.03. The molecule has 3 rings (SSSR count). The minimum atomic E-state index is -0.411. The van der Waals surface area contributed by atoms with E-state index in [-0.39, 0.29) is 0 Å². The third-order valence-corrected chi connectivity index (χ3v) is 3.03. The van der Waals surface area contributed by atoms with Crippen LogP contribution in [0.1, 0.15) is 5.56 Å². The average Bonchev–Trinajstić information content (AvgIpc) is 2.77. The topological polar surface area (TPSA) is 57.3 Å². The molecule has 0 N–H and O–H groups in total. The van der Waals surface area contributed by atoms with Crippen LogP contribution in [-0.4, -0.2) is 16.2 Å². The summed E-state index contributed by atoms with van der Waals surface area (Å²) >= 11 is 0. The Morgan fingerprint density at radius 2 is 2.05 bits per heavy atom. The first kappa shape index (κ1) is 12.5. The average molecular weight is 270 g/mol. The van der Waals surface area contributed by atoms with Gasteiger partial charge in [-0.3, -0.25) is 4.57 Å². The standard InChI is InChI=1S/C15H14N2O3/c1-11-4-6-12(7-5-11)19-10-9-17-14-13(20-15(17)18)3-2-8-16-14/h2-8H,9-10H2,1H3. The van der Waals surface area contributed by atoms with Crippen molar-refractivity contribution in [2.24, 2.45) is 0 Å². The summed E-state index contributed by atoms with van der Waals surface area (Å²) in [5.41, 5.74) is 2.22. The Balaban J connectivity index is 1.72. The fraction of sp³-hybridized carbons (Fsp3) is 0.200. The van der Waals surface area contributed by atoms with E-state index in [1.165, 1.54) is 10.1 Å². The first-order valence-corrected chi connectivity index (χ1v) is 6.38. The van der Waals surface area contributed by atoms with E-state index >= 15 is 0 Å². The number of aryl methyl sites for hydroxylation is 1. The van der Waals surface area contributed by atoms with E-state index < -0.39 is 5.76 Å². The summed E-state index contributed by atoms with van der Waals surface area (Å²) in [6.45, 7) is 2.80. The summed E-state index contributed by atoms with van der Waals surface area (Å²) in [5, 5.41) is 0. The van der Waals surface area contributed by atoms with E-state index in [4.69, 9.17) is 9.15 Å². The van der Waals surface area contributed by atoms with Crippen LogP contribution in [0.25, 0.3) is 11.2 Å². The minimum Gasteiger partial charge on any atom is -0.492 e. The monoisotopic (exact) mass is 270 g/mol. The third kappa shape index (κ3) is 2.42. The largest absolute Gasteiger partial charge is 0.492 e. The summed E-state index contributed by atoms with van der Waals surface area (Å²) in [6.07, 6.45) is 1.63. The number of ether oxygens (including phenoxy) is 1. The minimum absolute atomic E-state index is 0.383. The van der Waals surface area contributed by atoms with E-state index in [2.05, 4.69) is 4.98 Å². The zero-order valence-corrected chi connectivity index (χ0v) is 11.1.